The average Bonchev–Trinajstić information content (AvgIpc) is 2.55. The fraction of sp³-hybridized carbons (Fsp3) is 0.158. The lowest BCUT2D eigenvalue weighted by Gasteiger charge is -2.09. The van der Waals surface area contributed by atoms with Gasteiger partial charge in [0.2, 0.25) is 0 Å². The van der Waals surface area contributed by atoms with Crippen LogP contribution in [0.2, 0.25) is 0 Å². The van der Waals surface area contributed by atoms with Gasteiger partial charge < -0.3 is 14.5 Å². The van der Waals surface area contributed by atoms with Crippen molar-refractivity contribution in [1.82, 2.24) is 0 Å². The van der Waals surface area contributed by atoms with Gasteiger partial charge >= 0.3 is 5.63 Å². The van der Waals surface area contributed by atoms with Crippen molar-refractivity contribution in [3.63, 3.8) is 0 Å². The van der Waals surface area contributed by atoms with Gasteiger partial charge in [-0.3, -0.25) is 4.79 Å². The van der Waals surface area contributed by atoms with Crippen LogP contribution in [0.25, 0.3) is 11.0 Å². The van der Waals surface area contributed by atoms with Crippen LogP contribution in [0, 0.1) is 19.7 Å². The highest BCUT2D eigenvalue weighted by Crippen LogP contribution is 2.22. The molecule has 0 saturated carbocycles. The van der Waals surface area contributed by atoms with Crippen molar-refractivity contribution in [2.75, 3.05) is 11.9 Å². The predicted octanol–water partition coefficient (Wildman–Crippen LogP) is 3.57. The first kappa shape index (κ1) is 16.7. The van der Waals surface area contributed by atoms with E-state index in [0.717, 1.165) is 16.5 Å². The van der Waals surface area contributed by atoms with Crippen molar-refractivity contribution < 1.29 is 18.3 Å². The summed E-state index contributed by atoms with van der Waals surface area (Å²) in [6.07, 6.45) is 0. The first-order chi connectivity index (χ1) is 11.9. The highest BCUT2D eigenvalue weighted by Gasteiger charge is 2.09. The van der Waals surface area contributed by atoms with Gasteiger partial charge in [-0.05, 0) is 49.2 Å². The smallest absolute Gasteiger partial charge is 0.336 e. The summed E-state index contributed by atoms with van der Waals surface area (Å²) in [6.45, 7) is 3.27. The number of nitrogens with one attached hydrogen (secondary N) is 1. The minimum atomic E-state index is -0.503. The zero-order valence-corrected chi connectivity index (χ0v) is 13.8. The number of fused-ring (bicyclic) bond motifs is 1. The highest BCUT2D eigenvalue weighted by molar-refractivity contribution is 5.92. The van der Waals surface area contributed by atoms with Gasteiger partial charge in [0.05, 0.1) is 5.69 Å². The third-order valence-electron chi connectivity index (χ3n) is 3.69. The van der Waals surface area contributed by atoms with E-state index in [4.69, 9.17) is 9.15 Å². The van der Waals surface area contributed by atoms with Crippen molar-refractivity contribution >= 4 is 22.6 Å². The van der Waals surface area contributed by atoms with Gasteiger partial charge in [0.15, 0.2) is 6.61 Å². The summed E-state index contributed by atoms with van der Waals surface area (Å²) in [5.74, 6) is -0.620. The molecule has 1 heterocycles. The van der Waals surface area contributed by atoms with Gasteiger partial charge in [-0.1, -0.05) is 6.07 Å². The first-order valence-electron chi connectivity index (χ1n) is 7.66. The maximum Gasteiger partial charge on any atom is 0.336 e. The van der Waals surface area contributed by atoms with Crippen LogP contribution in [-0.4, -0.2) is 12.5 Å². The molecule has 0 bridgehead atoms. The molecule has 3 rings (SSSR count). The molecule has 3 aromatic rings. The first-order valence-corrected chi connectivity index (χ1v) is 7.66. The van der Waals surface area contributed by atoms with Crippen LogP contribution < -0.4 is 15.7 Å². The van der Waals surface area contributed by atoms with Gasteiger partial charge in [0.25, 0.3) is 5.91 Å². The molecule has 128 valence electrons. The molecule has 1 amide bonds. The predicted molar refractivity (Wildman–Crippen MR) is 92.5 cm³/mol. The molecule has 5 nitrogen and oxygen atoms in total. The third-order valence-corrected chi connectivity index (χ3v) is 3.69. The summed E-state index contributed by atoms with van der Waals surface area (Å²) in [5.41, 5.74) is 1.59. The van der Waals surface area contributed by atoms with E-state index < -0.39 is 17.3 Å². The lowest BCUT2D eigenvalue weighted by Crippen LogP contribution is -2.20. The summed E-state index contributed by atoms with van der Waals surface area (Å²) in [4.78, 5) is 23.4. The van der Waals surface area contributed by atoms with E-state index in [2.05, 4.69) is 5.32 Å². The molecule has 1 N–H and O–H groups in total. The fourth-order valence-corrected chi connectivity index (χ4v) is 2.45. The summed E-state index contributed by atoms with van der Waals surface area (Å²) >= 11 is 0. The van der Waals surface area contributed by atoms with Crippen LogP contribution in [0.15, 0.2) is 51.7 Å². The molecule has 6 heteroatoms. The van der Waals surface area contributed by atoms with Crippen LogP contribution in [0.3, 0.4) is 0 Å². The van der Waals surface area contributed by atoms with Gasteiger partial charge in [-0.15, -0.1) is 0 Å². The number of halogens is 1. The van der Waals surface area contributed by atoms with Crippen LogP contribution >= 0.6 is 0 Å². The Kier molecular flexibility index (Phi) is 4.52. The van der Waals surface area contributed by atoms with Gasteiger partial charge in [-0.2, -0.15) is 0 Å². The Hall–Kier alpha value is -3.15. The second-order valence-corrected chi connectivity index (χ2v) is 5.73. The summed E-state index contributed by atoms with van der Waals surface area (Å²) in [7, 11) is 0. The second kappa shape index (κ2) is 6.76. The zero-order valence-electron chi connectivity index (χ0n) is 13.8. The zero-order chi connectivity index (χ0) is 18.0. The highest BCUT2D eigenvalue weighted by atomic mass is 19.1. The third kappa shape index (κ3) is 3.85. The van der Waals surface area contributed by atoms with Crippen molar-refractivity contribution in [2.45, 2.75) is 13.8 Å². The molecule has 0 unspecified atom stereocenters. The fourth-order valence-electron chi connectivity index (χ4n) is 2.45. The SMILES string of the molecule is Cc1ccc(NC(=O)COc2ccc3c(C)cc(=O)oc3c2)c(F)c1. The number of hydrogen-bond donors (Lipinski definition) is 1. The Morgan fingerprint density at radius 1 is 1.16 bits per heavy atom. The van der Waals surface area contributed by atoms with Crippen LogP contribution in [0.1, 0.15) is 11.1 Å². The monoisotopic (exact) mass is 341 g/mol. The normalized spacial score (nSPS) is 10.7. The van der Waals surface area contributed by atoms with Crippen LogP contribution in [-0.2, 0) is 4.79 Å². The average molecular weight is 341 g/mol. The molecule has 0 atom stereocenters. The largest absolute Gasteiger partial charge is 0.484 e. The van der Waals surface area contributed by atoms with E-state index in [0.29, 0.717) is 11.3 Å². The van der Waals surface area contributed by atoms with E-state index in [-0.39, 0.29) is 12.3 Å². The molecule has 0 fully saturated rings. The maximum atomic E-state index is 13.7. The molecule has 0 spiro atoms. The second-order valence-electron chi connectivity index (χ2n) is 5.73. The standard InChI is InChI=1S/C19H16FNO4/c1-11-3-6-16(15(20)7-11)21-18(22)10-24-13-4-5-14-12(2)8-19(23)25-17(14)9-13/h3-9H,10H2,1-2H3,(H,21,22). The molecule has 0 aliphatic heterocycles. The molecular formula is C19H16FNO4. The Bertz CT molecular complexity index is 1010. The van der Waals surface area contributed by atoms with Crippen molar-refractivity contribution in [3.8, 4) is 5.75 Å². The molecule has 2 aromatic carbocycles. The molecule has 0 aliphatic carbocycles. The maximum absolute atomic E-state index is 13.7. The quantitative estimate of drug-likeness (QED) is 0.737. The van der Waals surface area contributed by atoms with E-state index in [1.165, 1.54) is 18.2 Å². The Morgan fingerprint density at radius 2 is 1.96 bits per heavy atom. The summed E-state index contributed by atoms with van der Waals surface area (Å²) in [6, 6.07) is 10.9. The van der Waals surface area contributed by atoms with Gasteiger partial charge in [0.1, 0.15) is 17.1 Å². The lowest BCUT2D eigenvalue weighted by atomic mass is 10.1. The molecule has 1 aromatic heterocycles. The number of benzene rings is 2. The van der Waals surface area contributed by atoms with E-state index in [1.54, 1.807) is 31.2 Å². The van der Waals surface area contributed by atoms with Crippen molar-refractivity contribution in [1.29, 1.82) is 0 Å². The number of ether oxygens (including phenoxy) is 1. The van der Waals surface area contributed by atoms with Crippen molar-refractivity contribution in [3.05, 3.63) is 69.8 Å². The summed E-state index contributed by atoms with van der Waals surface area (Å²) < 4.78 is 24.2. The number of carbonyl (C=O) groups excluding carboxylic acids is 1. The van der Waals surface area contributed by atoms with Gasteiger partial charge in [0, 0.05) is 17.5 Å². The lowest BCUT2D eigenvalue weighted by molar-refractivity contribution is -0.118. The molecular weight excluding hydrogens is 325 g/mol. The van der Waals surface area contributed by atoms with Gasteiger partial charge in [-0.25, -0.2) is 9.18 Å². The number of anilines is 1. The van der Waals surface area contributed by atoms with E-state index in [9.17, 15) is 14.0 Å². The Balaban J connectivity index is 1.69. The van der Waals surface area contributed by atoms with Crippen molar-refractivity contribution in [2.24, 2.45) is 0 Å². The van der Waals surface area contributed by atoms with E-state index in [1.807, 2.05) is 6.92 Å². The van der Waals surface area contributed by atoms with Crippen LogP contribution in [0.5, 0.6) is 5.75 Å². The summed E-state index contributed by atoms with van der Waals surface area (Å²) in [5, 5.41) is 3.24. The minimum Gasteiger partial charge on any atom is -0.484 e. The minimum absolute atomic E-state index is 0.0966. The number of rotatable bonds is 4. The number of carbonyl (C=O) groups is 1. The number of amides is 1. The molecule has 0 saturated heterocycles. The number of hydrogen-bond acceptors (Lipinski definition) is 4. The van der Waals surface area contributed by atoms with E-state index >= 15 is 0 Å². The number of aryl methyl sites for hydroxylation is 2. The molecule has 0 aliphatic rings. The Morgan fingerprint density at radius 3 is 2.72 bits per heavy atom. The Labute approximate surface area is 143 Å². The topological polar surface area (TPSA) is 68.5 Å². The molecule has 0 radical (unpaired) electrons. The molecule has 25 heavy (non-hydrogen) atoms. The van der Waals surface area contributed by atoms with Crippen LogP contribution in [0.4, 0.5) is 10.1 Å².